The zero-order valence-electron chi connectivity index (χ0n) is 11.5. The number of nitrogens with one attached hydrogen (secondary N) is 1. The Morgan fingerprint density at radius 3 is 2.76 bits per heavy atom. The minimum Gasteiger partial charge on any atom is -0.311 e. The second-order valence-corrected chi connectivity index (χ2v) is 6.98. The van der Waals surface area contributed by atoms with Crippen molar-refractivity contribution in [3.8, 4) is 0 Å². The van der Waals surface area contributed by atoms with Gasteiger partial charge in [-0.15, -0.1) is 0 Å². The van der Waals surface area contributed by atoms with Crippen molar-refractivity contribution >= 4 is 11.8 Å². The molecule has 2 aliphatic rings. The Morgan fingerprint density at radius 1 is 1.29 bits per heavy atom. The fraction of sp³-hybridized carbons (Fsp3) is 1.00. The molecule has 0 saturated carbocycles. The Kier molecular flexibility index (Phi) is 5.64. The van der Waals surface area contributed by atoms with E-state index >= 15 is 0 Å². The second kappa shape index (κ2) is 7.01. The highest BCUT2D eigenvalue weighted by atomic mass is 32.2. The molecule has 2 aliphatic heterocycles. The van der Waals surface area contributed by atoms with Crippen molar-refractivity contribution in [1.82, 2.24) is 10.2 Å². The summed E-state index contributed by atoms with van der Waals surface area (Å²) in [4.78, 5) is 2.75. The predicted octanol–water partition coefficient (Wildman–Crippen LogP) is 2.59. The van der Waals surface area contributed by atoms with E-state index in [0.29, 0.717) is 0 Å². The van der Waals surface area contributed by atoms with Crippen LogP contribution in [-0.2, 0) is 0 Å². The van der Waals surface area contributed by atoms with Gasteiger partial charge in [0.25, 0.3) is 0 Å². The van der Waals surface area contributed by atoms with Crippen LogP contribution >= 0.6 is 11.8 Å². The van der Waals surface area contributed by atoms with E-state index in [-0.39, 0.29) is 0 Å². The minimum atomic E-state index is 0.734. The predicted molar refractivity (Wildman–Crippen MR) is 77.8 cm³/mol. The Hall–Kier alpha value is 0.270. The Balaban J connectivity index is 1.80. The van der Waals surface area contributed by atoms with Crippen LogP contribution in [0.1, 0.15) is 39.5 Å². The molecule has 0 radical (unpaired) electrons. The van der Waals surface area contributed by atoms with Crippen molar-refractivity contribution in [3.05, 3.63) is 0 Å². The van der Waals surface area contributed by atoms with Crippen molar-refractivity contribution in [1.29, 1.82) is 0 Å². The summed E-state index contributed by atoms with van der Waals surface area (Å²) in [6, 6.07) is 1.48. The minimum absolute atomic E-state index is 0.734. The number of hydrogen-bond donors (Lipinski definition) is 1. The summed E-state index contributed by atoms with van der Waals surface area (Å²) in [6.07, 6.45) is 5.53. The number of hydrogen-bond acceptors (Lipinski definition) is 3. The van der Waals surface area contributed by atoms with Crippen LogP contribution in [-0.4, -0.2) is 48.1 Å². The van der Waals surface area contributed by atoms with Gasteiger partial charge in [-0.3, -0.25) is 4.90 Å². The molecule has 0 amide bonds. The van der Waals surface area contributed by atoms with Gasteiger partial charge in [0.15, 0.2) is 0 Å². The molecule has 100 valence electrons. The second-order valence-electron chi connectivity index (χ2n) is 5.75. The molecule has 2 nitrogen and oxygen atoms in total. The molecule has 3 heteroatoms. The lowest BCUT2D eigenvalue weighted by atomic mass is 9.99. The first-order valence-corrected chi connectivity index (χ1v) is 8.50. The van der Waals surface area contributed by atoms with Gasteiger partial charge in [0.05, 0.1) is 0 Å². The lowest BCUT2D eigenvalue weighted by Gasteiger charge is -2.41. The van der Waals surface area contributed by atoms with E-state index in [1.807, 2.05) is 0 Å². The third-order valence-corrected chi connectivity index (χ3v) is 5.30. The van der Waals surface area contributed by atoms with E-state index in [9.17, 15) is 0 Å². The highest BCUT2D eigenvalue weighted by Crippen LogP contribution is 2.24. The average Bonchev–Trinajstić information content (AvgIpc) is 2.35. The van der Waals surface area contributed by atoms with E-state index in [1.165, 1.54) is 56.8 Å². The van der Waals surface area contributed by atoms with E-state index in [4.69, 9.17) is 0 Å². The normalized spacial score (nSPS) is 32.8. The Morgan fingerprint density at radius 2 is 2.06 bits per heavy atom. The fourth-order valence-electron chi connectivity index (χ4n) is 3.05. The lowest BCUT2D eigenvalue weighted by molar-refractivity contribution is 0.114. The average molecular weight is 256 g/mol. The number of nitrogens with zero attached hydrogens (tertiary/aromatic N) is 1. The molecular formula is C14H28N2S. The summed E-state index contributed by atoms with van der Waals surface area (Å²) in [5.41, 5.74) is 0. The Labute approximate surface area is 111 Å². The third kappa shape index (κ3) is 4.15. The van der Waals surface area contributed by atoms with Crippen molar-refractivity contribution < 1.29 is 0 Å². The first-order valence-electron chi connectivity index (χ1n) is 7.34. The molecule has 2 saturated heterocycles. The van der Waals surface area contributed by atoms with Crippen LogP contribution < -0.4 is 5.32 Å². The molecular weight excluding hydrogens is 228 g/mol. The van der Waals surface area contributed by atoms with Gasteiger partial charge >= 0.3 is 0 Å². The summed E-state index contributed by atoms with van der Waals surface area (Å²) in [6.45, 7) is 8.49. The highest BCUT2D eigenvalue weighted by molar-refractivity contribution is 7.99. The maximum absolute atomic E-state index is 3.69. The van der Waals surface area contributed by atoms with Gasteiger partial charge in [0, 0.05) is 31.7 Å². The molecule has 2 heterocycles. The van der Waals surface area contributed by atoms with Gasteiger partial charge in [-0.25, -0.2) is 0 Å². The van der Waals surface area contributed by atoms with Crippen molar-refractivity contribution in [2.75, 3.05) is 31.1 Å². The van der Waals surface area contributed by atoms with Crippen LogP contribution in [0, 0.1) is 5.92 Å². The third-order valence-electron chi connectivity index (χ3n) is 4.25. The summed E-state index contributed by atoms with van der Waals surface area (Å²) in [5.74, 6) is 3.76. The van der Waals surface area contributed by atoms with E-state index in [1.54, 1.807) is 0 Å². The Bertz CT molecular complexity index is 216. The van der Waals surface area contributed by atoms with Gasteiger partial charge in [-0.05, 0) is 43.6 Å². The maximum atomic E-state index is 3.69. The summed E-state index contributed by atoms with van der Waals surface area (Å²) < 4.78 is 0. The standard InChI is InChI=1S/C14H28N2S/c1-3-4-14-11-16(12(2)9-15-14)10-13-5-7-17-8-6-13/h12-15H,3-11H2,1-2H3. The molecule has 2 rings (SSSR count). The van der Waals surface area contributed by atoms with Gasteiger partial charge in [-0.2, -0.15) is 11.8 Å². The SMILES string of the molecule is CCCC1CN(CC2CCSCC2)C(C)CN1. The number of piperazine rings is 1. The molecule has 2 unspecified atom stereocenters. The smallest absolute Gasteiger partial charge is 0.0195 e. The monoisotopic (exact) mass is 256 g/mol. The zero-order chi connectivity index (χ0) is 12.1. The molecule has 0 aliphatic carbocycles. The molecule has 0 aromatic heterocycles. The highest BCUT2D eigenvalue weighted by Gasteiger charge is 2.26. The first-order chi connectivity index (χ1) is 8.29. The largest absolute Gasteiger partial charge is 0.311 e. The topological polar surface area (TPSA) is 15.3 Å². The molecule has 1 N–H and O–H groups in total. The van der Waals surface area contributed by atoms with E-state index < -0.39 is 0 Å². The van der Waals surface area contributed by atoms with E-state index in [2.05, 4.69) is 35.8 Å². The molecule has 2 fully saturated rings. The van der Waals surface area contributed by atoms with Crippen molar-refractivity contribution in [2.45, 2.75) is 51.6 Å². The van der Waals surface area contributed by atoms with Gasteiger partial charge in [-0.1, -0.05) is 13.3 Å². The van der Waals surface area contributed by atoms with Crippen LogP contribution in [0.25, 0.3) is 0 Å². The van der Waals surface area contributed by atoms with Crippen molar-refractivity contribution in [2.24, 2.45) is 5.92 Å². The molecule has 0 spiro atoms. The maximum Gasteiger partial charge on any atom is 0.0195 e. The summed E-state index contributed by atoms with van der Waals surface area (Å²) in [7, 11) is 0. The molecule has 0 aromatic rings. The van der Waals surface area contributed by atoms with E-state index in [0.717, 1.165) is 18.0 Å². The molecule has 17 heavy (non-hydrogen) atoms. The van der Waals surface area contributed by atoms with Crippen LogP contribution in [0.15, 0.2) is 0 Å². The summed E-state index contributed by atoms with van der Waals surface area (Å²) in [5, 5.41) is 3.69. The first kappa shape index (κ1) is 13.7. The number of rotatable bonds is 4. The van der Waals surface area contributed by atoms with Crippen LogP contribution in [0.5, 0.6) is 0 Å². The van der Waals surface area contributed by atoms with Crippen LogP contribution in [0.4, 0.5) is 0 Å². The number of thioether (sulfide) groups is 1. The van der Waals surface area contributed by atoms with Gasteiger partial charge in [0.2, 0.25) is 0 Å². The zero-order valence-corrected chi connectivity index (χ0v) is 12.3. The molecule has 0 aromatic carbocycles. The quantitative estimate of drug-likeness (QED) is 0.832. The lowest BCUT2D eigenvalue weighted by Crippen LogP contribution is -2.56. The molecule has 0 bridgehead atoms. The van der Waals surface area contributed by atoms with Gasteiger partial charge in [0.1, 0.15) is 0 Å². The molecule has 2 atom stereocenters. The summed E-state index contributed by atoms with van der Waals surface area (Å²) >= 11 is 2.14. The van der Waals surface area contributed by atoms with Gasteiger partial charge < -0.3 is 5.32 Å². The van der Waals surface area contributed by atoms with Crippen LogP contribution in [0.2, 0.25) is 0 Å². The van der Waals surface area contributed by atoms with Crippen molar-refractivity contribution in [3.63, 3.8) is 0 Å². The van der Waals surface area contributed by atoms with Crippen LogP contribution in [0.3, 0.4) is 0 Å². The fourth-order valence-corrected chi connectivity index (χ4v) is 4.25.